The van der Waals surface area contributed by atoms with Gasteiger partial charge in [-0.3, -0.25) is 4.79 Å². The summed E-state index contributed by atoms with van der Waals surface area (Å²) in [5.41, 5.74) is 0. The number of hydrogen-bond donors (Lipinski definition) is 1. The van der Waals surface area contributed by atoms with Gasteiger partial charge in [-0.15, -0.1) is 0 Å². The van der Waals surface area contributed by atoms with E-state index < -0.39 is 10.0 Å². The van der Waals surface area contributed by atoms with Gasteiger partial charge in [0.15, 0.2) is 0 Å². The summed E-state index contributed by atoms with van der Waals surface area (Å²) >= 11 is 5.83. The Morgan fingerprint density at radius 2 is 1.71 bits per heavy atom. The number of carbonyl (C=O) groups excluding carboxylic acids is 1. The van der Waals surface area contributed by atoms with Crippen molar-refractivity contribution in [3.8, 4) is 5.75 Å². The number of nitrogens with one attached hydrogen (secondary N) is 1. The maximum Gasteiger partial charge on any atom is 0.243 e. The van der Waals surface area contributed by atoms with Crippen LogP contribution in [0.3, 0.4) is 0 Å². The summed E-state index contributed by atoms with van der Waals surface area (Å²) in [7, 11) is -3.53. The number of sulfonamides is 1. The van der Waals surface area contributed by atoms with Gasteiger partial charge in [-0.1, -0.05) is 29.8 Å². The van der Waals surface area contributed by atoms with Crippen molar-refractivity contribution in [2.45, 2.75) is 30.2 Å². The van der Waals surface area contributed by atoms with E-state index in [-0.39, 0.29) is 23.3 Å². The Bertz CT molecular complexity index is 880. The Balaban J connectivity index is 1.43. The molecule has 8 heteroatoms. The van der Waals surface area contributed by atoms with Crippen LogP contribution in [0.1, 0.15) is 19.3 Å². The molecule has 0 unspecified atom stereocenters. The largest absolute Gasteiger partial charge is 0.493 e. The van der Waals surface area contributed by atoms with Gasteiger partial charge in [0.25, 0.3) is 0 Å². The van der Waals surface area contributed by atoms with E-state index >= 15 is 0 Å². The zero-order valence-electron chi connectivity index (χ0n) is 15.4. The number of nitrogens with zero attached hydrogens (tertiary/aromatic N) is 1. The van der Waals surface area contributed by atoms with E-state index in [0.29, 0.717) is 37.6 Å². The monoisotopic (exact) mass is 422 g/mol. The summed E-state index contributed by atoms with van der Waals surface area (Å²) in [5.74, 6) is 0.644. The van der Waals surface area contributed by atoms with Gasteiger partial charge in [-0.25, -0.2) is 8.42 Å². The average Bonchev–Trinajstić information content (AvgIpc) is 2.69. The molecule has 0 radical (unpaired) electrons. The lowest BCUT2D eigenvalue weighted by molar-refractivity contribution is -0.122. The van der Waals surface area contributed by atoms with Crippen LogP contribution in [0.2, 0.25) is 5.02 Å². The summed E-state index contributed by atoms with van der Waals surface area (Å²) < 4.78 is 32.3. The average molecular weight is 423 g/mol. The molecule has 1 aliphatic rings. The molecule has 1 N–H and O–H groups in total. The van der Waals surface area contributed by atoms with Crippen molar-refractivity contribution in [3.63, 3.8) is 0 Å². The van der Waals surface area contributed by atoms with Crippen molar-refractivity contribution in [1.82, 2.24) is 9.62 Å². The minimum atomic E-state index is -3.53. The molecular formula is C20H23ClN2O4S. The van der Waals surface area contributed by atoms with Crippen LogP contribution in [-0.2, 0) is 14.8 Å². The van der Waals surface area contributed by atoms with Gasteiger partial charge < -0.3 is 10.1 Å². The third-order valence-corrected chi connectivity index (χ3v) is 6.78. The molecule has 1 fully saturated rings. The quantitative estimate of drug-likeness (QED) is 0.744. The Kier molecular flexibility index (Phi) is 6.93. The van der Waals surface area contributed by atoms with E-state index in [1.54, 1.807) is 12.1 Å². The van der Waals surface area contributed by atoms with Gasteiger partial charge in [-0.2, -0.15) is 4.31 Å². The molecule has 1 saturated heterocycles. The van der Waals surface area contributed by atoms with Crippen molar-refractivity contribution in [2.24, 2.45) is 0 Å². The zero-order valence-corrected chi connectivity index (χ0v) is 17.0. The maximum atomic E-state index is 12.7. The third-order valence-electron chi connectivity index (χ3n) is 4.61. The second-order valence-electron chi connectivity index (χ2n) is 6.61. The van der Waals surface area contributed by atoms with E-state index in [2.05, 4.69) is 5.32 Å². The maximum absolute atomic E-state index is 12.7. The lowest BCUT2D eigenvalue weighted by atomic mass is 10.1. The fourth-order valence-corrected chi connectivity index (χ4v) is 4.67. The van der Waals surface area contributed by atoms with Gasteiger partial charge >= 0.3 is 0 Å². The van der Waals surface area contributed by atoms with Crippen LogP contribution in [0.25, 0.3) is 0 Å². The molecule has 0 atom stereocenters. The molecule has 0 bridgehead atoms. The third kappa shape index (κ3) is 5.47. The molecule has 2 aromatic rings. The fraction of sp³-hybridized carbons (Fsp3) is 0.350. The Morgan fingerprint density at radius 1 is 1.07 bits per heavy atom. The number of rotatable bonds is 7. The first-order valence-electron chi connectivity index (χ1n) is 9.18. The number of ether oxygens (including phenoxy) is 1. The molecule has 2 aromatic carbocycles. The van der Waals surface area contributed by atoms with Crippen LogP contribution < -0.4 is 10.1 Å². The molecule has 1 aliphatic heterocycles. The van der Waals surface area contributed by atoms with Crippen molar-refractivity contribution < 1.29 is 17.9 Å². The predicted octanol–water partition coefficient (Wildman–Crippen LogP) is 3.08. The molecule has 0 saturated carbocycles. The lowest BCUT2D eigenvalue weighted by Crippen LogP contribution is -2.46. The van der Waals surface area contributed by atoms with E-state index in [4.69, 9.17) is 16.3 Å². The van der Waals surface area contributed by atoms with E-state index in [9.17, 15) is 13.2 Å². The van der Waals surface area contributed by atoms with Crippen molar-refractivity contribution in [1.29, 1.82) is 0 Å². The van der Waals surface area contributed by atoms with Gasteiger partial charge in [0.05, 0.1) is 17.9 Å². The van der Waals surface area contributed by atoms with Gasteiger partial charge in [0.2, 0.25) is 15.9 Å². The molecular weight excluding hydrogens is 400 g/mol. The first-order valence-corrected chi connectivity index (χ1v) is 11.0. The molecule has 150 valence electrons. The van der Waals surface area contributed by atoms with Crippen molar-refractivity contribution in [3.05, 3.63) is 59.6 Å². The Labute approximate surface area is 170 Å². The molecule has 28 heavy (non-hydrogen) atoms. The van der Waals surface area contributed by atoms with Crippen LogP contribution in [-0.4, -0.2) is 44.4 Å². The lowest BCUT2D eigenvalue weighted by Gasteiger charge is -2.31. The second kappa shape index (κ2) is 9.41. The number of para-hydroxylation sites is 1. The minimum Gasteiger partial charge on any atom is -0.493 e. The summed E-state index contributed by atoms with van der Waals surface area (Å²) in [6, 6.07) is 15.5. The number of halogens is 1. The molecule has 1 amide bonds. The summed E-state index contributed by atoms with van der Waals surface area (Å²) in [5, 5.41) is 3.46. The SMILES string of the molecule is O=C(CCOc1ccccc1)NC1CCN(S(=O)(=O)c2ccc(Cl)cc2)CC1. The molecule has 1 heterocycles. The summed E-state index contributed by atoms with van der Waals surface area (Å²) in [6.45, 7) is 1.05. The minimum absolute atomic E-state index is 0.0270. The first kappa shape index (κ1) is 20.6. The van der Waals surface area contributed by atoms with Crippen LogP contribution >= 0.6 is 11.6 Å². The van der Waals surface area contributed by atoms with Crippen LogP contribution in [0.5, 0.6) is 5.75 Å². The van der Waals surface area contributed by atoms with Crippen molar-refractivity contribution in [2.75, 3.05) is 19.7 Å². The smallest absolute Gasteiger partial charge is 0.243 e. The van der Waals surface area contributed by atoms with Gasteiger partial charge in [0, 0.05) is 24.2 Å². The predicted molar refractivity (Wildman–Crippen MR) is 108 cm³/mol. The number of carbonyl (C=O) groups is 1. The highest BCUT2D eigenvalue weighted by Gasteiger charge is 2.29. The highest BCUT2D eigenvalue weighted by Crippen LogP contribution is 2.22. The molecule has 0 aliphatic carbocycles. The van der Waals surface area contributed by atoms with Gasteiger partial charge in [-0.05, 0) is 49.2 Å². The molecule has 6 nitrogen and oxygen atoms in total. The first-order chi connectivity index (χ1) is 13.4. The van der Waals surface area contributed by atoms with Crippen LogP contribution in [0, 0.1) is 0 Å². The van der Waals surface area contributed by atoms with Crippen LogP contribution in [0.15, 0.2) is 59.5 Å². The molecule has 0 spiro atoms. The molecule has 3 rings (SSSR count). The standard InChI is InChI=1S/C20H23ClN2O4S/c21-16-6-8-19(9-7-16)28(25,26)23-13-10-17(11-14-23)22-20(24)12-15-27-18-4-2-1-3-5-18/h1-9,17H,10-15H2,(H,22,24). The number of piperidine rings is 1. The topological polar surface area (TPSA) is 75.7 Å². The number of hydrogen-bond acceptors (Lipinski definition) is 4. The zero-order chi connectivity index (χ0) is 20.0. The van der Waals surface area contributed by atoms with Crippen molar-refractivity contribution >= 4 is 27.5 Å². The van der Waals surface area contributed by atoms with Gasteiger partial charge in [0.1, 0.15) is 5.75 Å². The normalized spacial score (nSPS) is 15.9. The summed E-state index contributed by atoms with van der Waals surface area (Å²) in [4.78, 5) is 12.3. The summed E-state index contributed by atoms with van der Waals surface area (Å²) in [6.07, 6.45) is 1.42. The fourth-order valence-electron chi connectivity index (χ4n) is 3.07. The van der Waals surface area contributed by atoms with E-state index in [1.807, 2.05) is 30.3 Å². The Hall–Kier alpha value is -2.09. The number of amides is 1. The van der Waals surface area contributed by atoms with Crippen LogP contribution in [0.4, 0.5) is 0 Å². The Morgan fingerprint density at radius 3 is 2.36 bits per heavy atom. The molecule has 0 aromatic heterocycles. The second-order valence-corrected chi connectivity index (χ2v) is 8.99. The number of benzene rings is 2. The highest BCUT2D eigenvalue weighted by molar-refractivity contribution is 7.89. The highest BCUT2D eigenvalue weighted by atomic mass is 35.5. The van der Waals surface area contributed by atoms with E-state index in [0.717, 1.165) is 5.75 Å². The van der Waals surface area contributed by atoms with E-state index in [1.165, 1.54) is 16.4 Å².